The molecule has 0 atom stereocenters. The molecule has 1 heterocycles. The van der Waals surface area contributed by atoms with Crippen molar-refractivity contribution >= 4 is 45.6 Å². The van der Waals surface area contributed by atoms with Crippen molar-refractivity contribution in [2.24, 2.45) is 5.10 Å². The predicted molar refractivity (Wildman–Crippen MR) is 131 cm³/mol. The van der Waals surface area contributed by atoms with Crippen molar-refractivity contribution < 1.29 is 4.79 Å². The summed E-state index contributed by atoms with van der Waals surface area (Å²) in [6, 6.07) is 26.8. The number of benzene rings is 3. The normalized spacial score (nSPS) is 11.2. The number of rotatable bonds is 7. The van der Waals surface area contributed by atoms with Gasteiger partial charge in [-0.2, -0.15) is 5.10 Å². The molecule has 4 aromatic rings. The Labute approximate surface area is 189 Å². The number of amides is 1. The first-order valence-electron chi connectivity index (χ1n) is 9.87. The van der Waals surface area contributed by atoms with E-state index in [0.29, 0.717) is 12.8 Å². The van der Waals surface area contributed by atoms with E-state index in [4.69, 9.17) is 0 Å². The Balaban J connectivity index is 1.44. The second-order valence-electron chi connectivity index (χ2n) is 7.13. The molecule has 1 amide bonds. The van der Waals surface area contributed by atoms with Crippen molar-refractivity contribution in [3.05, 3.63) is 105 Å². The molecule has 0 saturated heterocycles. The quantitative estimate of drug-likeness (QED) is 0.204. The fourth-order valence-electron chi connectivity index (χ4n) is 3.43. The van der Waals surface area contributed by atoms with Gasteiger partial charge in [0.2, 0.25) is 5.91 Å². The SMILES string of the molecule is O=C(CCc1ccccc1)N/N=C\c1cn(Cc2ccc(I)cc2)c2ccccc12. The van der Waals surface area contributed by atoms with Crippen LogP contribution in [0.3, 0.4) is 0 Å². The summed E-state index contributed by atoms with van der Waals surface area (Å²) in [6.07, 6.45) is 4.93. The van der Waals surface area contributed by atoms with Gasteiger partial charge in [-0.05, 0) is 58.3 Å². The number of aryl methyl sites for hydroxylation is 1. The lowest BCUT2D eigenvalue weighted by atomic mass is 10.1. The average molecular weight is 507 g/mol. The van der Waals surface area contributed by atoms with E-state index in [0.717, 1.165) is 28.6 Å². The van der Waals surface area contributed by atoms with Gasteiger partial charge < -0.3 is 4.57 Å². The first kappa shape index (κ1) is 20.3. The zero-order chi connectivity index (χ0) is 20.8. The topological polar surface area (TPSA) is 46.4 Å². The molecule has 0 saturated carbocycles. The van der Waals surface area contributed by atoms with Crippen LogP contribution in [0.2, 0.25) is 0 Å². The van der Waals surface area contributed by atoms with Crippen molar-refractivity contribution in [1.82, 2.24) is 9.99 Å². The molecule has 30 heavy (non-hydrogen) atoms. The first-order valence-corrected chi connectivity index (χ1v) is 10.9. The van der Waals surface area contributed by atoms with Gasteiger partial charge in [-0.15, -0.1) is 0 Å². The molecular formula is C25H22IN3O. The molecule has 1 N–H and O–H groups in total. The summed E-state index contributed by atoms with van der Waals surface area (Å²) in [4.78, 5) is 12.1. The van der Waals surface area contributed by atoms with E-state index in [1.807, 2.05) is 42.5 Å². The van der Waals surface area contributed by atoms with Crippen molar-refractivity contribution in [2.75, 3.05) is 0 Å². The van der Waals surface area contributed by atoms with Crippen molar-refractivity contribution in [3.63, 3.8) is 0 Å². The van der Waals surface area contributed by atoms with Crippen LogP contribution in [-0.2, 0) is 17.8 Å². The van der Waals surface area contributed by atoms with Gasteiger partial charge in [-0.25, -0.2) is 5.43 Å². The van der Waals surface area contributed by atoms with E-state index in [1.54, 1.807) is 6.21 Å². The number of nitrogens with one attached hydrogen (secondary N) is 1. The number of nitrogens with zero attached hydrogens (tertiary/aromatic N) is 2. The van der Waals surface area contributed by atoms with E-state index in [2.05, 4.69) is 80.3 Å². The van der Waals surface area contributed by atoms with Crippen LogP contribution in [0.1, 0.15) is 23.1 Å². The lowest BCUT2D eigenvalue weighted by Crippen LogP contribution is -2.17. The Morgan fingerprint density at radius 2 is 1.67 bits per heavy atom. The molecule has 0 unspecified atom stereocenters. The summed E-state index contributed by atoms with van der Waals surface area (Å²) >= 11 is 2.32. The van der Waals surface area contributed by atoms with Crippen LogP contribution in [0.25, 0.3) is 10.9 Å². The molecule has 4 rings (SSSR count). The summed E-state index contributed by atoms with van der Waals surface area (Å²) in [5.41, 5.74) is 7.18. The summed E-state index contributed by atoms with van der Waals surface area (Å²) < 4.78 is 3.44. The number of fused-ring (bicyclic) bond motifs is 1. The van der Waals surface area contributed by atoms with E-state index < -0.39 is 0 Å². The average Bonchev–Trinajstić information content (AvgIpc) is 3.12. The molecular weight excluding hydrogens is 485 g/mol. The fourth-order valence-corrected chi connectivity index (χ4v) is 3.79. The fraction of sp³-hybridized carbons (Fsp3) is 0.120. The van der Waals surface area contributed by atoms with Crippen LogP contribution in [0.4, 0.5) is 0 Å². The van der Waals surface area contributed by atoms with E-state index in [1.165, 1.54) is 9.13 Å². The predicted octanol–water partition coefficient (Wildman–Crippen LogP) is 5.38. The Kier molecular flexibility index (Phi) is 6.59. The third-order valence-electron chi connectivity index (χ3n) is 4.96. The van der Waals surface area contributed by atoms with Crippen molar-refractivity contribution in [3.8, 4) is 0 Å². The summed E-state index contributed by atoms with van der Waals surface area (Å²) in [5.74, 6) is -0.0854. The Morgan fingerprint density at radius 3 is 2.47 bits per heavy atom. The number of carbonyl (C=O) groups excluding carboxylic acids is 1. The Hall–Kier alpha value is -2.93. The molecule has 4 nitrogen and oxygen atoms in total. The molecule has 0 fully saturated rings. The summed E-state index contributed by atoms with van der Waals surface area (Å²) in [5, 5.41) is 5.31. The zero-order valence-electron chi connectivity index (χ0n) is 16.5. The number of halogens is 1. The van der Waals surface area contributed by atoms with Crippen LogP contribution in [0.5, 0.6) is 0 Å². The molecule has 0 radical (unpaired) electrons. The van der Waals surface area contributed by atoms with Crippen molar-refractivity contribution in [2.45, 2.75) is 19.4 Å². The van der Waals surface area contributed by atoms with Crippen molar-refractivity contribution in [1.29, 1.82) is 0 Å². The third-order valence-corrected chi connectivity index (χ3v) is 5.68. The molecule has 0 aliphatic heterocycles. The number of aromatic nitrogens is 1. The molecule has 3 aromatic carbocycles. The standard InChI is InChI=1S/C25H22IN3O/c26-22-13-10-20(11-14-22)17-29-18-21(23-8-4-5-9-24(23)29)16-27-28-25(30)15-12-19-6-2-1-3-7-19/h1-11,13-14,16,18H,12,15,17H2,(H,28,30)/b27-16-. The van der Waals surface area contributed by atoms with Crippen LogP contribution < -0.4 is 5.43 Å². The molecule has 0 bridgehead atoms. The van der Waals surface area contributed by atoms with E-state index in [9.17, 15) is 4.79 Å². The minimum absolute atomic E-state index is 0.0854. The minimum atomic E-state index is -0.0854. The van der Waals surface area contributed by atoms with E-state index >= 15 is 0 Å². The zero-order valence-corrected chi connectivity index (χ0v) is 18.6. The van der Waals surface area contributed by atoms with Gasteiger partial charge in [-0.1, -0.05) is 60.7 Å². The molecule has 0 spiro atoms. The van der Waals surface area contributed by atoms with Crippen LogP contribution in [0.15, 0.2) is 90.2 Å². The summed E-state index contributed by atoms with van der Waals surface area (Å²) in [6.45, 7) is 0.786. The van der Waals surface area contributed by atoms with Gasteiger partial charge >= 0.3 is 0 Å². The highest BCUT2D eigenvalue weighted by Gasteiger charge is 2.07. The van der Waals surface area contributed by atoms with Crippen LogP contribution in [0, 0.1) is 3.57 Å². The Morgan fingerprint density at radius 1 is 0.933 bits per heavy atom. The van der Waals surface area contributed by atoms with E-state index in [-0.39, 0.29) is 5.91 Å². The summed E-state index contributed by atoms with van der Waals surface area (Å²) in [7, 11) is 0. The molecule has 0 aliphatic rings. The first-order chi connectivity index (χ1) is 14.7. The Bertz CT molecular complexity index is 1160. The highest BCUT2D eigenvalue weighted by molar-refractivity contribution is 14.1. The second-order valence-corrected chi connectivity index (χ2v) is 8.38. The third kappa shape index (κ3) is 5.16. The van der Waals surface area contributed by atoms with Crippen LogP contribution in [-0.4, -0.2) is 16.7 Å². The monoisotopic (exact) mass is 507 g/mol. The molecule has 150 valence electrons. The smallest absolute Gasteiger partial charge is 0.240 e. The highest BCUT2D eigenvalue weighted by atomic mass is 127. The van der Waals surface area contributed by atoms with Gasteiger partial charge in [0, 0.05) is 39.2 Å². The highest BCUT2D eigenvalue weighted by Crippen LogP contribution is 2.21. The minimum Gasteiger partial charge on any atom is -0.342 e. The maximum atomic E-state index is 12.1. The number of hydrazone groups is 1. The van der Waals surface area contributed by atoms with Crippen LogP contribution >= 0.6 is 22.6 Å². The number of hydrogen-bond acceptors (Lipinski definition) is 2. The van der Waals surface area contributed by atoms with Gasteiger partial charge in [0.25, 0.3) is 0 Å². The number of hydrogen-bond donors (Lipinski definition) is 1. The maximum Gasteiger partial charge on any atom is 0.240 e. The number of carbonyl (C=O) groups is 1. The van der Waals surface area contributed by atoms with Gasteiger partial charge in [0.1, 0.15) is 0 Å². The number of para-hydroxylation sites is 1. The van der Waals surface area contributed by atoms with Gasteiger partial charge in [0.15, 0.2) is 0 Å². The maximum absolute atomic E-state index is 12.1. The lowest BCUT2D eigenvalue weighted by molar-refractivity contribution is -0.121. The lowest BCUT2D eigenvalue weighted by Gasteiger charge is -2.05. The molecule has 1 aromatic heterocycles. The molecule has 0 aliphatic carbocycles. The largest absolute Gasteiger partial charge is 0.342 e. The second kappa shape index (κ2) is 9.71. The van der Waals surface area contributed by atoms with Gasteiger partial charge in [0.05, 0.1) is 6.21 Å². The molecule has 5 heteroatoms. The van der Waals surface area contributed by atoms with Gasteiger partial charge in [-0.3, -0.25) is 4.79 Å².